The van der Waals surface area contributed by atoms with E-state index in [0.29, 0.717) is 29.2 Å². The largest absolute Gasteiger partial charge is 0.496 e. The number of carboxylic acids is 1. The molecule has 2 rings (SSSR count). The summed E-state index contributed by atoms with van der Waals surface area (Å²) in [7, 11) is 1.47. The Morgan fingerprint density at radius 2 is 2.15 bits per heavy atom. The first kappa shape index (κ1) is 14.7. The van der Waals surface area contributed by atoms with E-state index < -0.39 is 11.5 Å². The van der Waals surface area contributed by atoms with Gasteiger partial charge in [-0.2, -0.15) is 0 Å². The summed E-state index contributed by atoms with van der Waals surface area (Å²) in [5, 5.41) is 12.2. The summed E-state index contributed by atoms with van der Waals surface area (Å²) in [6.45, 7) is 0. The maximum absolute atomic E-state index is 12.3. The molecular formula is C14H16ClNO4. The monoisotopic (exact) mass is 297 g/mol. The lowest BCUT2D eigenvalue weighted by atomic mass is 9.74. The van der Waals surface area contributed by atoms with Gasteiger partial charge in [-0.05, 0) is 37.5 Å². The highest BCUT2D eigenvalue weighted by atomic mass is 35.5. The fraction of sp³-hybridized carbons (Fsp3) is 0.429. The molecule has 1 saturated carbocycles. The summed E-state index contributed by atoms with van der Waals surface area (Å²) in [5.74, 6) is -0.856. The number of carboxylic acid groups (broad SMARTS) is 1. The van der Waals surface area contributed by atoms with Crippen molar-refractivity contribution in [3.05, 3.63) is 28.8 Å². The second-order valence-corrected chi connectivity index (χ2v) is 5.44. The summed E-state index contributed by atoms with van der Waals surface area (Å²) in [5.41, 5.74) is -0.326. The highest BCUT2D eigenvalue weighted by Crippen LogP contribution is 2.35. The molecule has 0 spiro atoms. The Morgan fingerprint density at radius 3 is 2.65 bits per heavy atom. The molecule has 0 aliphatic heterocycles. The Balaban J connectivity index is 2.19. The van der Waals surface area contributed by atoms with E-state index in [1.165, 1.54) is 13.2 Å². The molecule has 1 fully saturated rings. The second kappa shape index (κ2) is 5.71. The average Bonchev–Trinajstić information content (AvgIpc) is 2.35. The van der Waals surface area contributed by atoms with Crippen LogP contribution >= 0.6 is 11.6 Å². The van der Waals surface area contributed by atoms with Gasteiger partial charge in [0, 0.05) is 5.02 Å². The highest BCUT2D eigenvalue weighted by molar-refractivity contribution is 6.31. The third-order valence-electron chi connectivity index (χ3n) is 3.59. The molecule has 0 aromatic heterocycles. The van der Waals surface area contributed by atoms with Crippen molar-refractivity contribution in [1.82, 2.24) is 5.32 Å². The Kier molecular flexibility index (Phi) is 4.18. The predicted molar refractivity (Wildman–Crippen MR) is 74.3 cm³/mol. The van der Waals surface area contributed by atoms with Crippen LogP contribution in [0.25, 0.3) is 0 Å². The minimum Gasteiger partial charge on any atom is -0.496 e. The molecule has 1 aromatic carbocycles. The van der Waals surface area contributed by atoms with Crippen molar-refractivity contribution in [2.75, 3.05) is 7.11 Å². The predicted octanol–water partition coefficient (Wildman–Crippen LogP) is 2.48. The molecule has 0 atom stereocenters. The van der Waals surface area contributed by atoms with Crippen LogP contribution in [0.4, 0.5) is 0 Å². The number of halogens is 1. The molecule has 0 bridgehead atoms. The second-order valence-electron chi connectivity index (χ2n) is 5.00. The molecule has 6 heteroatoms. The molecule has 1 amide bonds. The van der Waals surface area contributed by atoms with Crippen molar-refractivity contribution in [3.63, 3.8) is 0 Å². The first-order chi connectivity index (χ1) is 9.46. The normalized spacial score (nSPS) is 16.1. The summed E-state index contributed by atoms with van der Waals surface area (Å²) in [4.78, 5) is 23.2. The van der Waals surface area contributed by atoms with E-state index in [1.807, 2.05) is 0 Å². The maximum atomic E-state index is 12.3. The van der Waals surface area contributed by atoms with Crippen LogP contribution in [-0.2, 0) is 4.79 Å². The van der Waals surface area contributed by atoms with Crippen LogP contribution in [0, 0.1) is 0 Å². The number of benzene rings is 1. The standard InChI is InChI=1S/C14H16ClNO4/c1-20-11-4-3-9(15)7-10(11)13(19)16-14(5-2-6-14)8-12(17)18/h3-4,7H,2,5-6,8H2,1H3,(H,16,19)(H,17,18). The zero-order valence-electron chi connectivity index (χ0n) is 11.1. The number of hydrogen-bond acceptors (Lipinski definition) is 3. The zero-order valence-corrected chi connectivity index (χ0v) is 11.9. The van der Waals surface area contributed by atoms with E-state index in [2.05, 4.69) is 5.32 Å². The van der Waals surface area contributed by atoms with E-state index in [9.17, 15) is 9.59 Å². The molecule has 1 aliphatic rings. The number of carbonyl (C=O) groups excluding carboxylic acids is 1. The first-order valence-electron chi connectivity index (χ1n) is 6.34. The number of aliphatic carboxylic acids is 1. The van der Waals surface area contributed by atoms with Gasteiger partial charge in [-0.3, -0.25) is 9.59 Å². The Morgan fingerprint density at radius 1 is 1.45 bits per heavy atom. The van der Waals surface area contributed by atoms with Gasteiger partial charge in [0.15, 0.2) is 0 Å². The summed E-state index contributed by atoms with van der Waals surface area (Å²) in [6, 6.07) is 4.76. The number of methoxy groups -OCH3 is 1. The third-order valence-corrected chi connectivity index (χ3v) is 3.82. The van der Waals surface area contributed by atoms with Crippen LogP contribution in [-0.4, -0.2) is 29.6 Å². The van der Waals surface area contributed by atoms with Gasteiger partial charge in [0.05, 0.1) is 24.6 Å². The van der Waals surface area contributed by atoms with E-state index in [0.717, 1.165) is 6.42 Å². The fourth-order valence-corrected chi connectivity index (χ4v) is 2.58. The first-order valence-corrected chi connectivity index (χ1v) is 6.71. The molecule has 0 unspecified atom stereocenters. The zero-order chi connectivity index (χ0) is 14.8. The molecule has 20 heavy (non-hydrogen) atoms. The molecule has 0 heterocycles. The van der Waals surface area contributed by atoms with E-state index >= 15 is 0 Å². The highest BCUT2D eigenvalue weighted by Gasteiger charge is 2.40. The minimum absolute atomic E-state index is 0.0678. The van der Waals surface area contributed by atoms with Crippen LogP contribution < -0.4 is 10.1 Å². The Labute approximate surface area is 121 Å². The molecule has 5 nitrogen and oxygen atoms in total. The van der Waals surface area contributed by atoms with Gasteiger partial charge in [-0.1, -0.05) is 11.6 Å². The fourth-order valence-electron chi connectivity index (χ4n) is 2.40. The number of ether oxygens (including phenoxy) is 1. The van der Waals surface area contributed by atoms with Gasteiger partial charge >= 0.3 is 5.97 Å². The summed E-state index contributed by atoms with van der Waals surface area (Å²) >= 11 is 5.89. The van der Waals surface area contributed by atoms with Crippen LogP contribution in [0.3, 0.4) is 0 Å². The van der Waals surface area contributed by atoms with Crippen molar-refractivity contribution in [2.24, 2.45) is 0 Å². The van der Waals surface area contributed by atoms with E-state index in [1.54, 1.807) is 12.1 Å². The third kappa shape index (κ3) is 3.04. The number of amides is 1. The number of rotatable bonds is 5. The lowest BCUT2D eigenvalue weighted by Gasteiger charge is -2.41. The smallest absolute Gasteiger partial charge is 0.305 e. The van der Waals surface area contributed by atoms with Crippen molar-refractivity contribution in [3.8, 4) is 5.75 Å². The quantitative estimate of drug-likeness (QED) is 0.875. The van der Waals surface area contributed by atoms with Gasteiger partial charge in [-0.15, -0.1) is 0 Å². The van der Waals surface area contributed by atoms with Gasteiger partial charge in [0.1, 0.15) is 5.75 Å². The van der Waals surface area contributed by atoms with Crippen LogP contribution in [0.1, 0.15) is 36.0 Å². The molecular weight excluding hydrogens is 282 g/mol. The van der Waals surface area contributed by atoms with Gasteiger partial charge in [0.25, 0.3) is 5.91 Å². The maximum Gasteiger partial charge on any atom is 0.305 e. The van der Waals surface area contributed by atoms with Gasteiger partial charge in [0.2, 0.25) is 0 Å². The van der Waals surface area contributed by atoms with Crippen molar-refractivity contribution >= 4 is 23.5 Å². The number of nitrogens with one attached hydrogen (secondary N) is 1. The van der Waals surface area contributed by atoms with Crippen LogP contribution in [0.2, 0.25) is 5.02 Å². The van der Waals surface area contributed by atoms with Crippen molar-refractivity contribution in [1.29, 1.82) is 0 Å². The van der Waals surface area contributed by atoms with E-state index in [-0.39, 0.29) is 12.3 Å². The SMILES string of the molecule is COc1ccc(Cl)cc1C(=O)NC1(CC(=O)O)CCC1. The topological polar surface area (TPSA) is 75.6 Å². The number of carbonyl (C=O) groups is 2. The lowest BCUT2D eigenvalue weighted by Crippen LogP contribution is -2.54. The van der Waals surface area contributed by atoms with Crippen molar-refractivity contribution < 1.29 is 19.4 Å². The lowest BCUT2D eigenvalue weighted by molar-refractivity contribution is -0.139. The molecule has 108 valence electrons. The summed E-state index contributed by atoms with van der Waals surface area (Å²) < 4.78 is 5.13. The molecule has 1 aromatic rings. The van der Waals surface area contributed by atoms with Gasteiger partial charge < -0.3 is 15.2 Å². The molecule has 2 N–H and O–H groups in total. The number of hydrogen-bond donors (Lipinski definition) is 2. The minimum atomic E-state index is -0.914. The van der Waals surface area contributed by atoms with Gasteiger partial charge in [-0.25, -0.2) is 0 Å². The van der Waals surface area contributed by atoms with E-state index in [4.69, 9.17) is 21.4 Å². The Bertz CT molecular complexity index is 540. The summed E-state index contributed by atoms with van der Waals surface area (Å²) in [6.07, 6.45) is 2.20. The Hall–Kier alpha value is -1.75. The van der Waals surface area contributed by atoms with Crippen LogP contribution in [0.15, 0.2) is 18.2 Å². The van der Waals surface area contributed by atoms with Crippen LogP contribution in [0.5, 0.6) is 5.75 Å². The van der Waals surface area contributed by atoms with Crippen molar-refractivity contribution in [2.45, 2.75) is 31.2 Å². The molecule has 0 radical (unpaired) electrons. The molecule has 0 saturated heterocycles. The average molecular weight is 298 g/mol. The molecule has 1 aliphatic carbocycles.